The van der Waals surface area contributed by atoms with E-state index >= 15 is 0 Å². The minimum atomic E-state index is -3.70. The number of halogens is 1. The third kappa shape index (κ3) is 3.18. The van der Waals surface area contributed by atoms with Gasteiger partial charge in [0, 0.05) is 18.3 Å². The quantitative estimate of drug-likeness (QED) is 0.590. The van der Waals surface area contributed by atoms with Crippen molar-refractivity contribution in [2.45, 2.75) is 11.0 Å². The third-order valence-electron chi connectivity index (χ3n) is 3.50. The van der Waals surface area contributed by atoms with Gasteiger partial charge < -0.3 is 4.74 Å². The molecule has 2 aromatic rings. The largest absolute Gasteiger partial charge is 0.470 e. The van der Waals surface area contributed by atoms with Gasteiger partial charge >= 0.3 is 0 Å². The number of nitrogens with zero attached hydrogens (tertiary/aromatic N) is 3. The predicted molar refractivity (Wildman–Crippen MR) is 85.5 cm³/mol. The number of aromatic nitrogens is 1. The lowest BCUT2D eigenvalue weighted by Gasteiger charge is -2.37. The number of nitro benzene ring substituents is 1. The van der Waals surface area contributed by atoms with Crippen molar-refractivity contribution in [3.63, 3.8) is 0 Å². The highest BCUT2D eigenvalue weighted by molar-refractivity contribution is 7.89. The second kappa shape index (κ2) is 6.34. The molecule has 0 unspecified atom stereocenters. The molecule has 0 spiro atoms. The fourth-order valence-electron chi connectivity index (χ4n) is 2.18. The molecule has 1 saturated heterocycles. The van der Waals surface area contributed by atoms with Gasteiger partial charge in [0.1, 0.15) is 11.1 Å². The normalized spacial score (nSPS) is 15.7. The highest BCUT2D eigenvalue weighted by Crippen LogP contribution is 2.27. The molecule has 0 aliphatic carbocycles. The molecular formula is C14H12ClN3O5S. The Bertz CT molecular complexity index is 866. The summed E-state index contributed by atoms with van der Waals surface area (Å²) in [6.07, 6.45) is 1.19. The monoisotopic (exact) mass is 369 g/mol. The number of ether oxygens (including phenoxy) is 1. The van der Waals surface area contributed by atoms with Crippen molar-refractivity contribution in [2.75, 3.05) is 13.1 Å². The SMILES string of the molecule is O=[N+]([O-])c1ccc(S(=O)(=O)N2CC(Oc3ncccc3Cl)C2)cc1. The van der Waals surface area contributed by atoms with Crippen molar-refractivity contribution in [2.24, 2.45) is 0 Å². The molecule has 8 nitrogen and oxygen atoms in total. The summed E-state index contributed by atoms with van der Waals surface area (Å²) in [5.74, 6) is 0.261. The fraction of sp³-hybridized carbons (Fsp3) is 0.214. The lowest BCUT2D eigenvalue weighted by atomic mass is 10.2. The van der Waals surface area contributed by atoms with E-state index in [0.29, 0.717) is 5.02 Å². The number of pyridine rings is 1. The molecule has 2 heterocycles. The van der Waals surface area contributed by atoms with Crippen molar-refractivity contribution in [3.05, 3.63) is 57.7 Å². The molecule has 0 N–H and O–H groups in total. The first kappa shape index (κ1) is 16.6. The molecule has 1 fully saturated rings. The van der Waals surface area contributed by atoms with Crippen LogP contribution in [-0.4, -0.2) is 41.8 Å². The summed E-state index contributed by atoms with van der Waals surface area (Å²) in [6.45, 7) is 0.318. The van der Waals surface area contributed by atoms with Gasteiger partial charge in [-0.15, -0.1) is 0 Å². The lowest BCUT2D eigenvalue weighted by molar-refractivity contribution is -0.384. The molecule has 0 amide bonds. The maximum atomic E-state index is 12.4. The molecule has 1 aromatic heterocycles. The number of nitro groups is 1. The molecule has 1 aliphatic heterocycles. The van der Waals surface area contributed by atoms with Gasteiger partial charge in [0.2, 0.25) is 15.9 Å². The second-order valence-electron chi connectivity index (χ2n) is 5.10. The van der Waals surface area contributed by atoms with Crippen molar-refractivity contribution in [1.29, 1.82) is 0 Å². The summed E-state index contributed by atoms with van der Waals surface area (Å²) in [5.41, 5.74) is -0.163. The van der Waals surface area contributed by atoms with Gasteiger partial charge in [0.05, 0.1) is 22.9 Å². The van der Waals surface area contributed by atoms with Crippen LogP contribution >= 0.6 is 11.6 Å². The van der Waals surface area contributed by atoms with E-state index in [-0.39, 0.29) is 35.7 Å². The molecule has 0 atom stereocenters. The molecule has 10 heteroatoms. The Labute approximate surface area is 142 Å². The summed E-state index contributed by atoms with van der Waals surface area (Å²) in [6, 6.07) is 8.06. The first-order valence-electron chi connectivity index (χ1n) is 6.90. The van der Waals surface area contributed by atoms with Crippen LogP contribution in [0.25, 0.3) is 0 Å². The average molecular weight is 370 g/mol. The number of sulfonamides is 1. The Morgan fingerprint density at radius 1 is 1.25 bits per heavy atom. The van der Waals surface area contributed by atoms with Crippen LogP contribution in [0.3, 0.4) is 0 Å². The Morgan fingerprint density at radius 2 is 1.92 bits per heavy atom. The molecule has 3 rings (SSSR count). The summed E-state index contributed by atoms with van der Waals surface area (Å²) in [5, 5.41) is 11.0. The number of hydrogen-bond donors (Lipinski definition) is 0. The van der Waals surface area contributed by atoms with Crippen molar-refractivity contribution >= 4 is 27.3 Å². The van der Waals surface area contributed by atoms with E-state index in [4.69, 9.17) is 16.3 Å². The Hall–Kier alpha value is -2.23. The second-order valence-corrected chi connectivity index (χ2v) is 7.45. The van der Waals surface area contributed by atoms with E-state index in [0.717, 1.165) is 12.1 Å². The zero-order chi connectivity index (χ0) is 17.3. The Kier molecular flexibility index (Phi) is 4.39. The zero-order valence-corrected chi connectivity index (χ0v) is 13.8. The topological polar surface area (TPSA) is 103 Å². The van der Waals surface area contributed by atoms with Crippen LogP contribution < -0.4 is 4.74 Å². The van der Waals surface area contributed by atoms with Crippen LogP contribution in [-0.2, 0) is 10.0 Å². The number of rotatable bonds is 5. The van der Waals surface area contributed by atoms with E-state index in [1.54, 1.807) is 12.1 Å². The first-order chi connectivity index (χ1) is 11.4. The van der Waals surface area contributed by atoms with Crippen LogP contribution in [0.4, 0.5) is 5.69 Å². The summed E-state index contributed by atoms with van der Waals surface area (Å²) < 4.78 is 31.6. The van der Waals surface area contributed by atoms with Crippen molar-refractivity contribution in [3.8, 4) is 5.88 Å². The van der Waals surface area contributed by atoms with Gasteiger partial charge in [0.25, 0.3) is 5.69 Å². The van der Waals surface area contributed by atoms with Gasteiger partial charge in [-0.05, 0) is 24.3 Å². The van der Waals surface area contributed by atoms with E-state index in [1.807, 2.05) is 0 Å². The maximum Gasteiger partial charge on any atom is 0.269 e. The summed E-state index contributed by atoms with van der Waals surface area (Å²) >= 11 is 5.94. The van der Waals surface area contributed by atoms with Gasteiger partial charge in [0.15, 0.2) is 0 Å². The molecule has 0 bridgehead atoms. The molecule has 0 saturated carbocycles. The van der Waals surface area contributed by atoms with Crippen LogP contribution in [0.5, 0.6) is 5.88 Å². The smallest absolute Gasteiger partial charge is 0.269 e. The van der Waals surface area contributed by atoms with Gasteiger partial charge in [-0.25, -0.2) is 13.4 Å². The first-order valence-corrected chi connectivity index (χ1v) is 8.71. The average Bonchev–Trinajstić information content (AvgIpc) is 2.52. The minimum Gasteiger partial charge on any atom is -0.470 e. The highest BCUT2D eigenvalue weighted by Gasteiger charge is 2.38. The summed E-state index contributed by atoms with van der Waals surface area (Å²) in [4.78, 5) is 14.0. The van der Waals surface area contributed by atoms with Crippen LogP contribution in [0.2, 0.25) is 5.02 Å². The van der Waals surface area contributed by atoms with E-state index in [1.165, 1.54) is 22.6 Å². The van der Waals surface area contributed by atoms with Crippen LogP contribution in [0.15, 0.2) is 47.5 Å². The molecule has 24 heavy (non-hydrogen) atoms. The van der Waals surface area contributed by atoms with Gasteiger partial charge in [-0.2, -0.15) is 4.31 Å². The molecule has 1 aromatic carbocycles. The van der Waals surface area contributed by atoms with Crippen molar-refractivity contribution < 1.29 is 18.1 Å². The fourth-order valence-corrected chi connectivity index (χ4v) is 3.85. The lowest BCUT2D eigenvalue weighted by Crippen LogP contribution is -2.56. The van der Waals surface area contributed by atoms with Gasteiger partial charge in [-0.3, -0.25) is 10.1 Å². The van der Waals surface area contributed by atoms with Crippen LogP contribution in [0.1, 0.15) is 0 Å². The Balaban J connectivity index is 1.66. The highest BCUT2D eigenvalue weighted by atomic mass is 35.5. The van der Waals surface area contributed by atoms with Gasteiger partial charge in [-0.1, -0.05) is 11.6 Å². The van der Waals surface area contributed by atoms with Crippen LogP contribution in [0, 0.1) is 10.1 Å². The number of benzene rings is 1. The number of non-ortho nitro benzene ring substituents is 1. The number of hydrogen-bond acceptors (Lipinski definition) is 6. The summed E-state index contributed by atoms with van der Waals surface area (Å²) in [7, 11) is -3.70. The molecule has 0 radical (unpaired) electrons. The zero-order valence-electron chi connectivity index (χ0n) is 12.2. The molecule has 1 aliphatic rings. The maximum absolute atomic E-state index is 12.4. The van der Waals surface area contributed by atoms with Crippen molar-refractivity contribution in [1.82, 2.24) is 9.29 Å². The molecular weight excluding hydrogens is 358 g/mol. The molecule has 126 valence electrons. The predicted octanol–water partition coefficient (Wildman–Crippen LogP) is 2.10. The van der Waals surface area contributed by atoms with E-state index in [2.05, 4.69) is 4.98 Å². The minimum absolute atomic E-state index is 0.00224. The standard InChI is InChI=1S/C14H12ClN3O5S/c15-13-2-1-7-16-14(13)23-11-8-17(9-11)24(21,22)12-5-3-10(4-6-12)18(19)20/h1-7,11H,8-9H2. The Morgan fingerprint density at radius 3 is 2.50 bits per heavy atom. The van der Waals surface area contributed by atoms with E-state index in [9.17, 15) is 18.5 Å². The third-order valence-corrected chi connectivity index (χ3v) is 5.64. The van der Waals surface area contributed by atoms with E-state index < -0.39 is 14.9 Å².